The zero-order valence-corrected chi connectivity index (χ0v) is 13.2. The zero-order chi connectivity index (χ0) is 14.8. The third-order valence-corrected chi connectivity index (χ3v) is 5.04. The van der Waals surface area contributed by atoms with Crippen LogP contribution >= 0.6 is 35.1 Å². The first-order valence-corrected chi connectivity index (χ1v) is 8.21. The van der Waals surface area contributed by atoms with Crippen molar-refractivity contribution in [2.24, 2.45) is 4.99 Å². The average molecular weight is 340 g/mol. The van der Waals surface area contributed by atoms with Crippen LogP contribution in [-0.2, 0) is 4.79 Å². The average Bonchev–Trinajstić information content (AvgIpc) is 3.04. The summed E-state index contributed by atoms with van der Waals surface area (Å²) in [6.07, 6.45) is 3.44. The van der Waals surface area contributed by atoms with Crippen LogP contribution < -0.4 is 9.47 Å². The summed E-state index contributed by atoms with van der Waals surface area (Å²) in [6, 6.07) is 3.43. The van der Waals surface area contributed by atoms with Crippen molar-refractivity contribution in [3.8, 4) is 11.5 Å². The Morgan fingerprint density at radius 2 is 2.19 bits per heavy atom. The van der Waals surface area contributed by atoms with Gasteiger partial charge in [-0.05, 0) is 29.5 Å². The molecule has 7 heteroatoms. The Morgan fingerprint density at radius 1 is 1.43 bits per heavy atom. The van der Waals surface area contributed by atoms with Crippen molar-refractivity contribution in [2.75, 3.05) is 12.5 Å². The number of aliphatic imine (C=N–C) groups is 1. The van der Waals surface area contributed by atoms with E-state index in [4.69, 9.17) is 21.1 Å². The van der Waals surface area contributed by atoms with Crippen molar-refractivity contribution in [2.45, 2.75) is 0 Å². The number of carbonyl (C=O) groups is 1. The Morgan fingerprint density at radius 3 is 2.95 bits per heavy atom. The minimum atomic E-state index is -0.0877. The smallest absolute Gasteiger partial charge is 0.244 e. The van der Waals surface area contributed by atoms with E-state index in [2.05, 4.69) is 11.6 Å². The fraction of sp³-hybridized carbons (Fsp3) is 0.143. The maximum absolute atomic E-state index is 11.9. The van der Waals surface area contributed by atoms with E-state index in [0.29, 0.717) is 27.8 Å². The fourth-order valence-electron chi connectivity index (χ4n) is 1.77. The molecule has 108 valence electrons. The van der Waals surface area contributed by atoms with E-state index in [1.54, 1.807) is 24.3 Å². The summed E-state index contributed by atoms with van der Waals surface area (Å²) in [5, 5.41) is 0.405. The molecule has 21 heavy (non-hydrogen) atoms. The van der Waals surface area contributed by atoms with Crippen LogP contribution in [0, 0.1) is 0 Å². The number of fused-ring (bicyclic) bond motifs is 1. The van der Waals surface area contributed by atoms with E-state index < -0.39 is 0 Å². The highest BCUT2D eigenvalue weighted by molar-refractivity contribution is 8.45. The summed E-state index contributed by atoms with van der Waals surface area (Å²) in [5.74, 6) is 1.95. The van der Waals surface area contributed by atoms with Crippen LogP contribution in [0.2, 0.25) is 5.02 Å². The van der Waals surface area contributed by atoms with Gasteiger partial charge in [0.1, 0.15) is 10.1 Å². The predicted molar refractivity (Wildman–Crippen MR) is 88.2 cm³/mol. The van der Waals surface area contributed by atoms with Crippen molar-refractivity contribution >= 4 is 50.7 Å². The minimum Gasteiger partial charge on any atom is -0.454 e. The van der Waals surface area contributed by atoms with Gasteiger partial charge in [-0.15, -0.1) is 6.58 Å². The van der Waals surface area contributed by atoms with Crippen molar-refractivity contribution < 1.29 is 14.3 Å². The molecule has 0 aromatic heterocycles. The lowest BCUT2D eigenvalue weighted by atomic mass is 10.1. The molecule has 0 amide bonds. The Kier molecular flexibility index (Phi) is 4.28. The SMILES string of the molecule is C=CCSC1=N/C(=C/c2cc3c(cc2Cl)OCO3)C(=O)S1. The topological polar surface area (TPSA) is 47.9 Å². The van der Waals surface area contributed by atoms with Gasteiger partial charge in [0.05, 0.1) is 5.02 Å². The normalized spacial score (nSPS) is 18.2. The molecule has 0 radical (unpaired) electrons. The van der Waals surface area contributed by atoms with Gasteiger partial charge in [0.2, 0.25) is 11.9 Å². The van der Waals surface area contributed by atoms with E-state index in [-0.39, 0.29) is 11.9 Å². The van der Waals surface area contributed by atoms with Crippen LogP contribution in [0.25, 0.3) is 6.08 Å². The lowest BCUT2D eigenvalue weighted by Gasteiger charge is -2.01. The number of benzene rings is 1. The lowest BCUT2D eigenvalue weighted by Crippen LogP contribution is -1.92. The van der Waals surface area contributed by atoms with Crippen molar-refractivity contribution in [1.82, 2.24) is 0 Å². The molecule has 0 saturated heterocycles. The molecule has 0 aliphatic carbocycles. The number of carbonyl (C=O) groups excluding carboxylic acids is 1. The monoisotopic (exact) mass is 339 g/mol. The van der Waals surface area contributed by atoms with Crippen LogP contribution in [0.15, 0.2) is 35.5 Å². The van der Waals surface area contributed by atoms with Crippen LogP contribution in [-0.4, -0.2) is 22.0 Å². The molecule has 2 aliphatic rings. The van der Waals surface area contributed by atoms with Crippen LogP contribution in [0.1, 0.15) is 5.56 Å². The Hall–Kier alpha value is -1.37. The lowest BCUT2D eigenvalue weighted by molar-refractivity contribution is -0.107. The molecule has 0 saturated carbocycles. The number of hydrogen-bond acceptors (Lipinski definition) is 6. The number of rotatable bonds is 3. The Balaban J connectivity index is 1.89. The van der Waals surface area contributed by atoms with Gasteiger partial charge < -0.3 is 9.47 Å². The van der Waals surface area contributed by atoms with Gasteiger partial charge in [-0.25, -0.2) is 4.99 Å². The maximum Gasteiger partial charge on any atom is 0.244 e. The van der Waals surface area contributed by atoms with Gasteiger partial charge in [0, 0.05) is 11.8 Å². The molecule has 2 heterocycles. The molecule has 0 spiro atoms. The van der Waals surface area contributed by atoms with Crippen LogP contribution in [0.5, 0.6) is 11.5 Å². The molecule has 1 aromatic carbocycles. The number of thioether (sulfide) groups is 2. The van der Waals surface area contributed by atoms with E-state index >= 15 is 0 Å². The fourth-order valence-corrected chi connectivity index (χ4v) is 3.58. The highest BCUT2D eigenvalue weighted by Crippen LogP contribution is 2.38. The quantitative estimate of drug-likeness (QED) is 0.616. The summed E-state index contributed by atoms with van der Waals surface area (Å²) in [4.78, 5) is 16.3. The first-order chi connectivity index (χ1) is 10.2. The molecule has 0 bridgehead atoms. The van der Waals surface area contributed by atoms with Gasteiger partial charge in [0.15, 0.2) is 11.5 Å². The van der Waals surface area contributed by atoms with E-state index in [1.165, 1.54) is 11.8 Å². The van der Waals surface area contributed by atoms with E-state index in [1.807, 2.05) is 0 Å². The molecule has 0 N–H and O–H groups in total. The second-order valence-electron chi connectivity index (χ2n) is 4.12. The number of halogens is 1. The number of hydrogen-bond donors (Lipinski definition) is 0. The highest BCUT2D eigenvalue weighted by Gasteiger charge is 2.23. The summed E-state index contributed by atoms with van der Waals surface area (Å²) >= 11 is 8.79. The molecule has 0 atom stereocenters. The predicted octanol–water partition coefficient (Wildman–Crippen LogP) is 3.96. The Labute approximate surface area is 135 Å². The third-order valence-electron chi connectivity index (χ3n) is 2.71. The second kappa shape index (κ2) is 6.17. The van der Waals surface area contributed by atoms with Crippen molar-refractivity contribution in [1.29, 1.82) is 0 Å². The van der Waals surface area contributed by atoms with Gasteiger partial charge in [-0.1, -0.05) is 29.4 Å². The highest BCUT2D eigenvalue weighted by atomic mass is 35.5. The van der Waals surface area contributed by atoms with Crippen LogP contribution in [0.3, 0.4) is 0 Å². The first-order valence-electron chi connectivity index (χ1n) is 6.03. The molecular formula is C14H10ClNO3S2. The molecule has 4 nitrogen and oxygen atoms in total. The van der Waals surface area contributed by atoms with Crippen molar-refractivity contribution in [3.63, 3.8) is 0 Å². The van der Waals surface area contributed by atoms with Gasteiger partial charge in [0.25, 0.3) is 0 Å². The largest absolute Gasteiger partial charge is 0.454 e. The Bertz CT molecular complexity index is 685. The summed E-state index contributed by atoms with van der Waals surface area (Å²) in [7, 11) is 0. The summed E-state index contributed by atoms with van der Waals surface area (Å²) in [6.45, 7) is 3.83. The third kappa shape index (κ3) is 3.12. The molecular weight excluding hydrogens is 330 g/mol. The molecule has 2 aliphatic heterocycles. The maximum atomic E-state index is 11.9. The van der Waals surface area contributed by atoms with E-state index in [9.17, 15) is 4.79 Å². The van der Waals surface area contributed by atoms with Gasteiger partial charge >= 0.3 is 0 Å². The zero-order valence-electron chi connectivity index (χ0n) is 10.8. The molecule has 0 fully saturated rings. The summed E-state index contributed by atoms with van der Waals surface area (Å²) < 4.78 is 11.3. The van der Waals surface area contributed by atoms with Crippen molar-refractivity contribution in [3.05, 3.63) is 41.1 Å². The summed E-state index contributed by atoms with van der Waals surface area (Å²) in [5.41, 5.74) is 1.07. The van der Waals surface area contributed by atoms with E-state index in [0.717, 1.165) is 21.9 Å². The van der Waals surface area contributed by atoms with Gasteiger partial charge in [-0.3, -0.25) is 4.79 Å². The number of ether oxygens (including phenoxy) is 2. The first kappa shape index (κ1) is 14.6. The second-order valence-corrected chi connectivity index (χ2v) is 6.76. The standard InChI is InChI=1S/C14H10ClNO3S2/c1-2-3-20-14-16-10(13(17)21-14)4-8-5-11-12(6-9(8)15)19-7-18-11/h2,4-6H,1,3,7H2/b10-4+. The number of nitrogens with zero attached hydrogens (tertiary/aromatic N) is 1. The minimum absolute atomic E-state index is 0.0877. The molecule has 0 unspecified atom stereocenters. The molecule has 1 aromatic rings. The van der Waals surface area contributed by atoms with Gasteiger partial charge in [-0.2, -0.15) is 0 Å². The van der Waals surface area contributed by atoms with Crippen LogP contribution in [0.4, 0.5) is 0 Å². The molecule has 3 rings (SSSR count).